The van der Waals surface area contributed by atoms with Crippen LogP contribution in [0.2, 0.25) is 5.02 Å². The van der Waals surface area contributed by atoms with Crippen LogP contribution in [0.5, 0.6) is 5.75 Å². The third-order valence-electron chi connectivity index (χ3n) is 2.71. The number of benzene rings is 2. The number of amides is 1. The molecule has 6 nitrogen and oxygen atoms in total. The summed E-state index contributed by atoms with van der Waals surface area (Å²) in [5.41, 5.74) is 5.77. The molecule has 0 radical (unpaired) electrons. The van der Waals surface area contributed by atoms with Crippen LogP contribution in [-0.2, 0) is 11.4 Å². The summed E-state index contributed by atoms with van der Waals surface area (Å²) in [5.74, 6) is 5.34. The minimum atomic E-state index is 0. The minimum Gasteiger partial charge on any atom is -0.485 e. The molecule has 0 bridgehead atoms. The number of hydrazine groups is 2. The molecule has 0 heterocycles. The van der Waals surface area contributed by atoms with Gasteiger partial charge in [0.15, 0.2) is 5.75 Å². The maximum Gasteiger partial charge on any atom is 0.222 e. The third-order valence-corrected chi connectivity index (χ3v) is 3.70. The van der Waals surface area contributed by atoms with Gasteiger partial charge >= 0.3 is 0 Å². The fourth-order valence-electron chi connectivity index (χ4n) is 1.65. The summed E-state index contributed by atoms with van der Waals surface area (Å²) in [6.07, 6.45) is 0.444. The Morgan fingerprint density at radius 1 is 1.25 bits per heavy atom. The van der Waals surface area contributed by atoms with Crippen LogP contribution in [0.4, 0.5) is 5.69 Å². The van der Waals surface area contributed by atoms with Crippen molar-refractivity contribution in [1.29, 1.82) is 0 Å². The highest BCUT2D eigenvalue weighted by Crippen LogP contribution is 2.33. The van der Waals surface area contributed by atoms with E-state index in [4.69, 9.17) is 21.1 Å². The lowest BCUT2D eigenvalue weighted by atomic mass is 10.2. The summed E-state index contributed by atoms with van der Waals surface area (Å²) in [7, 11) is 1.87. The average Bonchev–Trinajstić information content (AvgIpc) is 2.56. The van der Waals surface area contributed by atoms with Gasteiger partial charge in [-0.25, -0.2) is 0 Å². The number of hydrogen-bond donors (Lipinski definition) is 4. The second-order valence-corrected chi connectivity index (χ2v) is 5.41. The first kappa shape index (κ1) is 22.2. The Labute approximate surface area is 155 Å². The van der Waals surface area contributed by atoms with Crippen LogP contribution >= 0.6 is 27.5 Å². The molecule has 5 N–H and O–H groups in total. The monoisotopic (exact) mass is 416 g/mol. The number of carbonyl (C=O) groups is 1. The van der Waals surface area contributed by atoms with Crippen molar-refractivity contribution < 1.29 is 9.53 Å². The first-order valence-corrected chi connectivity index (χ1v) is 7.78. The lowest BCUT2D eigenvalue weighted by Gasteiger charge is -2.13. The Hall–Kier alpha value is -1.80. The van der Waals surface area contributed by atoms with E-state index < -0.39 is 0 Å². The van der Waals surface area contributed by atoms with Crippen molar-refractivity contribution >= 4 is 39.6 Å². The summed E-state index contributed by atoms with van der Waals surface area (Å²) in [6, 6.07) is 13.5. The molecule has 0 fully saturated rings. The van der Waals surface area contributed by atoms with Crippen molar-refractivity contribution in [3.63, 3.8) is 0 Å². The second-order valence-electron chi connectivity index (χ2n) is 4.15. The number of rotatable bonds is 6. The Balaban J connectivity index is 0.000000777. The zero-order valence-electron chi connectivity index (χ0n) is 12.5. The Bertz CT molecular complexity index is 629. The van der Waals surface area contributed by atoms with Crippen LogP contribution in [-0.4, -0.2) is 13.5 Å². The molecule has 0 aliphatic rings. The molecule has 2 aromatic rings. The van der Waals surface area contributed by atoms with Gasteiger partial charge in [-0.3, -0.25) is 16.1 Å². The first-order chi connectivity index (χ1) is 11.1. The molecule has 0 unspecified atom stereocenters. The summed E-state index contributed by atoms with van der Waals surface area (Å²) in [4.78, 5) is 9.15. The van der Waals surface area contributed by atoms with Crippen molar-refractivity contribution in [3.8, 4) is 5.75 Å². The van der Waals surface area contributed by atoms with E-state index in [1.807, 2.05) is 60.5 Å². The van der Waals surface area contributed by atoms with Crippen LogP contribution < -0.4 is 26.9 Å². The van der Waals surface area contributed by atoms with Gasteiger partial charge in [-0.05, 0) is 34.1 Å². The Morgan fingerprint density at radius 2 is 1.96 bits per heavy atom. The number of nitrogens with two attached hydrogens (primary N) is 1. The van der Waals surface area contributed by atoms with Gasteiger partial charge in [-0.15, -0.1) is 0 Å². The van der Waals surface area contributed by atoms with Gasteiger partial charge in [0.05, 0.1) is 10.2 Å². The zero-order chi connectivity index (χ0) is 17.1. The number of ether oxygens (including phenoxy) is 1. The van der Waals surface area contributed by atoms with Crippen molar-refractivity contribution in [2.75, 3.05) is 12.4 Å². The number of carbonyl (C=O) groups excluding carboxylic acids is 1. The molecule has 0 saturated heterocycles. The predicted molar refractivity (Wildman–Crippen MR) is 103 cm³/mol. The van der Waals surface area contributed by atoms with E-state index in [2.05, 4.69) is 27.1 Å². The maximum absolute atomic E-state index is 9.15. The molecule has 0 spiro atoms. The van der Waals surface area contributed by atoms with E-state index in [1.54, 1.807) is 0 Å². The molecule has 0 aromatic heterocycles. The molecular weight excluding hydrogens is 396 g/mol. The maximum atomic E-state index is 9.15. The molecule has 1 amide bonds. The van der Waals surface area contributed by atoms with Crippen molar-refractivity contribution in [2.45, 2.75) is 14.0 Å². The average molecular weight is 418 g/mol. The van der Waals surface area contributed by atoms with Gasteiger partial charge < -0.3 is 10.1 Å². The van der Waals surface area contributed by atoms with E-state index in [9.17, 15) is 0 Å². The van der Waals surface area contributed by atoms with Crippen LogP contribution in [0.15, 0.2) is 46.9 Å². The van der Waals surface area contributed by atoms with Crippen LogP contribution in [0.1, 0.15) is 13.0 Å². The molecular formula is C16H22BrClN4O2. The summed E-state index contributed by atoms with van der Waals surface area (Å²) in [6.45, 7) is 0.441. The van der Waals surface area contributed by atoms with E-state index in [0.717, 1.165) is 26.5 Å². The van der Waals surface area contributed by atoms with Gasteiger partial charge in [0, 0.05) is 17.6 Å². The SMILES string of the molecule is C.CNc1cccc(Br)c1OCc1ccccc1Cl.NNNC=O. The molecule has 2 rings (SSSR count). The van der Waals surface area contributed by atoms with Crippen LogP contribution in [0.3, 0.4) is 0 Å². The molecule has 24 heavy (non-hydrogen) atoms. The van der Waals surface area contributed by atoms with Gasteiger partial charge in [-0.1, -0.05) is 43.3 Å². The third kappa shape index (κ3) is 7.18. The molecule has 132 valence electrons. The Kier molecular flexibility index (Phi) is 11.7. The van der Waals surface area contributed by atoms with E-state index in [1.165, 1.54) is 0 Å². The molecule has 0 atom stereocenters. The normalized spacial score (nSPS) is 9.00. The topological polar surface area (TPSA) is 88.4 Å². The lowest BCUT2D eigenvalue weighted by Crippen LogP contribution is -2.36. The zero-order valence-corrected chi connectivity index (χ0v) is 14.8. The highest BCUT2D eigenvalue weighted by atomic mass is 79.9. The highest BCUT2D eigenvalue weighted by molar-refractivity contribution is 9.10. The molecule has 8 heteroatoms. The molecule has 0 aliphatic carbocycles. The van der Waals surface area contributed by atoms with Crippen molar-refractivity contribution in [2.24, 2.45) is 5.84 Å². The second kappa shape index (κ2) is 12.6. The van der Waals surface area contributed by atoms with E-state index in [-0.39, 0.29) is 7.43 Å². The van der Waals surface area contributed by atoms with Gasteiger partial charge in [0.1, 0.15) is 6.61 Å². The van der Waals surface area contributed by atoms with Gasteiger partial charge in [0.25, 0.3) is 0 Å². The largest absolute Gasteiger partial charge is 0.485 e. The number of para-hydroxylation sites is 1. The van der Waals surface area contributed by atoms with Crippen LogP contribution in [0, 0.1) is 0 Å². The first-order valence-electron chi connectivity index (χ1n) is 6.61. The van der Waals surface area contributed by atoms with Gasteiger partial charge in [-0.2, -0.15) is 5.53 Å². The molecule has 0 saturated carbocycles. The summed E-state index contributed by atoms with van der Waals surface area (Å²) >= 11 is 9.58. The predicted octanol–water partition coefficient (Wildman–Crippen LogP) is 3.47. The quantitative estimate of drug-likeness (QED) is 0.328. The van der Waals surface area contributed by atoms with Crippen molar-refractivity contribution in [3.05, 3.63) is 57.5 Å². The number of hydrogen-bond acceptors (Lipinski definition) is 5. The highest BCUT2D eigenvalue weighted by Gasteiger charge is 2.08. The fraction of sp³-hybridized carbons (Fsp3) is 0.188. The number of anilines is 1. The molecule has 2 aromatic carbocycles. The smallest absolute Gasteiger partial charge is 0.222 e. The minimum absolute atomic E-state index is 0. The fourth-order valence-corrected chi connectivity index (χ4v) is 2.32. The van der Waals surface area contributed by atoms with Crippen molar-refractivity contribution in [1.82, 2.24) is 11.0 Å². The van der Waals surface area contributed by atoms with E-state index in [0.29, 0.717) is 13.0 Å². The molecule has 0 aliphatic heterocycles. The standard InChI is InChI=1S/C14H13BrClNO.CH5N3O.CH4/c1-17-13-8-4-6-11(15)14(13)18-9-10-5-2-3-7-12(10)16;2-4-3-1-5;/h2-8,17H,9H2,1H3;1,4H,2H2,(H,3,5);1H4. The Morgan fingerprint density at radius 3 is 2.50 bits per heavy atom. The summed E-state index contributed by atoms with van der Waals surface area (Å²) in [5, 5.41) is 3.82. The van der Waals surface area contributed by atoms with Crippen LogP contribution in [0.25, 0.3) is 0 Å². The number of nitrogens with one attached hydrogen (secondary N) is 3. The van der Waals surface area contributed by atoms with Gasteiger partial charge in [0.2, 0.25) is 6.41 Å². The lowest BCUT2D eigenvalue weighted by molar-refractivity contribution is -0.110. The van der Waals surface area contributed by atoms with E-state index >= 15 is 0 Å². The number of halogens is 2. The summed E-state index contributed by atoms with van der Waals surface area (Å²) < 4.78 is 6.75.